The summed E-state index contributed by atoms with van der Waals surface area (Å²) in [7, 11) is 3.64. The van der Waals surface area contributed by atoms with E-state index < -0.39 is 0 Å². The molecule has 1 heterocycles. The van der Waals surface area contributed by atoms with Crippen LogP contribution in [0.15, 0.2) is 22.7 Å². The third-order valence-corrected chi connectivity index (χ3v) is 4.69. The van der Waals surface area contributed by atoms with E-state index in [1.807, 2.05) is 30.8 Å². The first-order chi connectivity index (χ1) is 9.97. The number of halogens is 1. The third kappa shape index (κ3) is 3.30. The molecule has 21 heavy (non-hydrogen) atoms. The topological polar surface area (TPSA) is 53.1 Å². The molecule has 1 aromatic carbocycles. The summed E-state index contributed by atoms with van der Waals surface area (Å²) in [5, 5.41) is 4.51. The van der Waals surface area contributed by atoms with E-state index in [2.05, 4.69) is 34.0 Å². The van der Waals surface area contributed by atoms with Crippen molar-refractivity contribution in [3.63, 3.8) is 0 Å². The minimum absolute atomic E-state index is 0.0871. The van der Waals surface area contributed by atoms with Crippen LogP contribution in [0, 0.1) is 6.92 Å². The maximum Gasteiger partial charge on any atom is 0.122 e. The number of hydrogen-bond donors (Lipinski definition) is 1. The Kier molecular flexibility index (Phi) is 5.06. The van der Waals surface area contributed by atoms with E-state index >= 15 is 0 Å². The predicted octanol–water partition coefficient (Wildman–Crippen LogP) is 3.30. The zero-order valence-corrected chi connectivity index (χ0v) is 14.6. The Balaban J connectivity index is 2.26. The zero-order chi connectivity index (χ0) is 15.6. The van der Waals surface area contributed by atoms with Gasteiger partial charge in [-0.2, -0.15) is 5.10 Å². The second-order valence-corrected chi connectivity index (χ2v) is 6.02. The van der Waals surface area contributed by atoms with Crippen molar-refractivity contribution >= 4 is 15.9 Å². The minimum Gasteiger partial charge on any atom is -0.496 e. The summed E-state index contributed by atoms with van der Waals surface area (Å²) >= 11 is 3.64. The van der Waals surface area contributed by atoms with E-state index in [4.69, 9.17) is 10.5 Å². The summed E-state index contributed by atoms with van der Waals surface area (Å²) in [6.07, 6.45) is 1.64. The smallest absolute Gasteiger partial charge is 0.122 e. The maximum absolute atomic E-state index is 6.37. The molecular formula is C16H22BrN3O. The lowest BCUT2D eigenvalue weighted by molar-refractivity contribution is 0.410. The number of rotatable bonds is 5. The van der Waals surface area contributed by atoms with Crippen LogP contribution in [-0.4, -0.2) is 16.9 Å². The Hall–Kier alpha value is -1.33. The van der Waals surface area contributed by atoms with Crippen molar-refractivity contribution in [1.82, 2.24) is 9.78 Å². The first-order valence-electron chi connectivity index (χ1n) is 7.08. The van der Waals surface area contributed by atoms with Gasteiger partial charge in [0.15, 0.2) is 0 Å². The Labute approximate surface area is 134 Å². The van der Waals surface area contributed by atoms with E-state index in [1.54, 1.807) is 7.11 Å². The van der Waals surface area contributed by atoms with Crippen molar-refractivity contribution in [2.24, 2.45) is 12.8 Å². The first-order valence-corrected chi connectivity index (χ1v) is 7.87. The van der Waals surface area contributed by atoms with Crippen molar-refractivity contribution in [3.8, 4) is 5.75 Å². The van der Waals surface area contributed by atoms with Crippen molar-refractivity contribution in [2.75, 3.05) is 7.11 Å². The quantitative estimate of drug-likeness (QED) is 0.898. The lowest BCUT2D eigenvalue weighted by Crippen LogP contribution is -2.16. The average molecular weight is 352 g/mol. The molecule has 0 radical (unpaired) electrons. The van der Waals surface area contributed by atoms with Crippen molar-refractivity contribution in [3.05, 3.63) is 45.2 Å². The summed E-state index contributed by atoms with van der Waals surface area (Å²) in [6.45, 7) is 4.13. The number of benzene rings is 1. The highest BCUT2D eigenvalue weighted by atomic mass is 79.9. The highest BCUT2D eigenvalue weighted by molar-refractivity contribution is 9.10. The van der Waals surface area contributed by atoms with Crippen LogP contribution in [0.1, 0.15) is 35.5 Å². The predicted molar refractivity (Wildman–Crippen MR) is 88.6 cm³/mol. The van der Waals surface area contributed by atoms with Crippen LogP contribution >= 0.6 is 15.9 Å². The van der Waals surface area contributed by atoms with Gasteiger partial charge in [0.25, 0.3) is 0 Å². The fraction of sp³-hybridized carbons (Fsp3) is 0.438. The first kappa shape index (κ1) is 16.0. The Morgan fingerprint density at radius 3 is 2.71 bits per heavy atom. The Bertz CT molecular complexity index is 637. The molecule has 4 nitrogen and oxygen atoms in total. The third-order valence-electron chi connectivity index (χ3n) is 3.78. The number of aromatic nitrogens is 2. The number of aryl methyl sites for hydroxylation is 3. The van der Waals surface area contributed by atoms with E-state index in [1.165, 1.54) is 0 Å². The van der Waals surface area contributed by atoms with Gasteiger partial charge in [-0.15, -0.1) is 0 Å². The Morgan fingerprint density at radius 1 is 1.43 bits per heavy atom. The van der Waals surface area contributed by atoms with Gasteiger partial charge < -0.3 is 10.5 Å². The molecule has 1 atom stereocenters. The maximum atomic E-state index is 6.37. The lowest BCUT2D eigenvalue weighted by Gasteiger charge is -2.15. The molecule has 1 aromatic heterocycles. The summed E-state index contributed by atoms with van der Waals surface area (Å²) in [5.41, 5.74) is 10.8. The Morgan fingerprint density at radius 2 is 2.14 bits per heavy atom. The van der Waals surface area contributed by atoms with Gasteiger partial charge in [0.2, 0.25) is 0 Å². The molecule has 0 saturated heterocycles. The monoisotopic (exact) mass is 351 g/mol. The van der Waals surface area contributed by atoms with Gasteiger partial charge in [0.1, 0.15) is 5.75 Å². The molecule has 0 aliphatic carbocycles. The molecule has 0 aliphatic rings. The van der Waals surface area contributed by atoms with Gasteiger partial charge in [0, 0.05) is 19.5 Å². The fourth-order valence-electron chi connectivity index (χ4n) is 2.43. The summed E-state index contributed by atoms with van der Waals surface area (Å²) in [6, 6.07) is 6.04. The van der Waals surface area contributed by atoms with Gasteiger partial charge in [-0.1, -0.05) is 19.1 Å². The molecule has 114 valence electrons. The molecule has 5 heteroatoms. The molecule has 0 spiro atoms. The van der Waals surface area contributed by atoms with Crippen molar-refractivity contribution in [1.29, 1.82) is 0 Å². The molecule has 1 unspecified atom stereocenters. The number of methoxy groups -OCH3 is 1. The van der Waals surface area contributed by atoms with Crippen LogP contribution in [-0.2, 0) is 19.9 Å². The van der Waals surface area contributed by atoms with Crippen molar-refractivity contribution < 1.29 is 4.74 Å². The minimum atomic E-state index is -0.0871. The molecule has 0 bridgehead atoms. The molecule has 0 aliphatic heterocycles. The van der Waals surface area contributed by atoms with Gasteiger partial charge in [-0.05, 0) is 46.5 Å². The van der Waals surface area contributed by atoms with Gasteiger partial charge in [0.05, 0.1) is 23.0 Å². The summed E-state index contributed by atoms with van der Waals surface area (Å²) in [4.78, 5) is 0. The second-order valence-electron chi connectivity index (χ2n) is 5.22. The molecule has 0 amide bonds. The van der Waals surface area contributed by atoms with Crippen LogP contribution < -0.4 is 10.5 Å². The molecule has 2 aromatic rings. The van der Waals surface area contributed by atoms with Crippen molar-refractivity contribution in [2.45, 2.75) is 32.7 Å². The van der Waals surface area contributed by atoms with Crippen LogP contribution in [0.4, 0.5) is 0 Å². The summed E-state index contributed by atoms with van der Waals surface area (Å²) < 4.78 is 8.35. The normalized spacial score (nSPS) is 12.5. The number of nitrogens with zero attached hydrogens (tertiary/aromatic N) is 2. The van der Waals surface area contributed by atoms with Gasteiger partial charge >= 0.3 is 0 Å². The van der Waals surface area contributed by atoms with E-state index in [0.29, 0.717) is 0 Å². The number of nitrogens with two attached hydrogens (primary N) is 1. The fourth-order valence-corrected chi connectivity index (χ4v) is 3.21. The molecule has 2 rings (SSSR count). The van der Waals surface area contributed by atoms with Gasteiger partial charge in [-0.25, -0.2) is 0 Å². The highest BCUT2D eigenvalue weighted by Gasteiger charge is 2.17. The van der Waals surface area contributed by atoms with Crippen LogP contribution in [0.5, 0.6) is 5.75 Å². The zero-order valence-electron chi connectivity index (χ0n) is 13.0. The average Bonchev–Trinajstić information content (AvgIpc) is 2.75. The standard InChI is InChI=1S/C16H22BrN3O/c1-5-13-16(17)14(20(3)19-13)9-12(18)11-7-6-10(2)15(8-11)21-4/h6-8,12H,5,9,18H2,1-4H3. The van der Waals surface area contributed by atoms with Crippen LogP contribution in [0.25, 0.3) is 0 Å². The van der Waals surface area contributed by atoms with Crippen LogP contribution in [0.2, 0.25) is 0 Å². The number of ether oxygens (including phenoxy) is 1. The van der Waals surface area contributed by atoms with Gasteiger partial charge in [-0.3, -0.25) is 4.68 Å². The molecular weight excluding hydrogens is 330 g/mol. The molecule has 0 fully saturated rings. The largest absolute Gasteiger partial charge is 0.496 e. The van der Waals surface area contributed by atoms with E-state index in [9.17, 15) is 0 Å². The number of hydrogen-bond acceptors (Lipinski definition) is 3. The highest BCUT2D eigenvalue weighted by Crippen LogP contribution is 2.28. The summed E-state index contributed by atoms with van der Waals surface area (Å²) in [5.74, 6) is 0.876. The van der Waals surface area contributed by atoms with Crippen LogP contribution in [0.3, 0.4) is 0 Å². The molecule has 2 N–H and O–H groups in total. The van der Waals surface area contributed by atoms with E-state index in [-0.39, 0.29) is 6.04 Å². The lowest BCUT2D eigenvalue weighted by atomic mass is 10.0. The molecule has 0 saturated carbocycles. The van der Waals surface area contributed by atoms with E-state index in [0.717, 1.165) is 45.6 Å². The second kappa shape index (κ2) is 6.62. The SMILES string of the molecule is CCc1nn(C)c(CC(N)c2ccc(C)c(OC)c2)c1Br.